The molecule has 0 radical (unpaired) electrons. The van der Waals surface area contributed by atoms with Crippen LogP contribution in [0.3, 0.4) is 0 Å². The Balaban J connectivity index is 2.86. The van der Waals surface area contributed by atoms with Crippen LogP contribution in [0.15, 0.2) is 24.3 Å². The summed E-state index contributed by atoms with van der Waals surface area (Å²) < 4.78 is 0. The minimum Gasteiger partial charge on any atom is -0.286 e. The Morgan fingerprint density at radius 1 is 1.00 bits per heavy atom. The van der Waals surface area contributed by atoms with Crippen molar-refractivity contribution in [1.82, 2.24) is 0 Å². The predicted octanol–water partition coefficient (Wildman–Crippen LogP) is 0.641. The van der Waals surface area contributed by atoms with Gasteiger partial charge in [-0.25, -0.2) is 0 Å². The van der Waals surface area contributed by atoms with E-state index in [-0.39, 0.29) is 0 Å². The number of allylic oxidation sites excluding steroid dienone is 4. The maximum atomic E-state index is 10.5. The second-order valence-corrected chi connectivity index (χ2v) is 1.77. The summed E-state index contributed by atoms with van der Waals surface area (Å²) in [5.74, 6) is -0.854. The first-order valence-corrected chi connectivity index (χ1v) is 2.72. The van der Waals surface area contributed by atoms with Crippen LogP contribution in [0.2, 0.25) is 0 Å². The first-order chi connectivity index (χ1) is 4.30. The van der Waals surface area contributed by atoms with E-state index in [1.165, 1.54) is 12.2 Å². The van der Waals surface area contributed by atoms with Crippen molar-refractivity contribution in [2.45, 2.75) is 6.42 Å². The highest BCUT2D eigenvalue weighted by atomic mass is 16.2. The van der Waals surface area contributed by atoms with Gasteiger partial charge in [0, 0.05) is 0 Å². The molecule has 0 aliphatic heterocycles. The number of ketones is 2. The third kappa shape index (κ3) is 1.35. The van der Waals surface area contributed by atoms with Crippen molar-refractivity contribution in [3.63, 3.8) is 0 Å². The van der Waals surface area contributed by atoms with Gasteiger partial charge in [-0.2, -0.15) is 0 Å². The van der Waals surface area contributed by atoms with Crippen molar-refractivity contribution in [1.29, 1.82) is 0 Å². The molecule has 0 aromatic carbocycles. The molecule has 0 amide bonds. The zero-order valence-corrected chi connectivity index (χ0v) is 4.83. The Hall–Kier alpha value is -1.18. The lowest BCUT2D eigenvalue weighted by Gasteiger charge is -1.78. The predicted molar refractivity (Wildman–Crippen MR) is 32.9 cm³/mol. The molecule has 9 heavy (non-hydrogen) atoms. The average molecular weight is 122 g/mol. The van der Waals surface area contributed by atoms with Crippen molar-refractivity contribution in [3.05, 3.63) is 24.3 Å². The fraction of sp³-hybridized carbons (Fsp3) is 0.143. The highest BCUT2D eigenvalue weighted by molar-refractivity contribution is 6.45. The standard InChI is InChI=1S/C7H6O2/c8-6-4-2-1-3-5-7(6)9/h2-5H,1H2. The summed E-state index contributed by atoms with van der Waals surface area (Å²) in [6.07, 6.45) is 6.63. The summed E-state index contributed by atoms with van der Waals surface area (Å²) in [7, 11) is 0. The van der Waals surface area contributed by atoms with Crippen molar-refractivity contribution < 1.29 is 9.59 Å². The smallest absolute Gasteiger partial charge is 0.225 e. The van der Waals surface area contributed by atoms with Crippen LogP contribution in [-0.4, -0.2) is 11.6 Å². The minimum absolute atomic E-state index is 0.427. The van der Waals surface area contributed by atoms with E-state index in [0.29, 0.717) is 6.42 Å². The van der Waals surface area contributed by atoms with Gasteiger partial charge in [0.1, 0.15) is 0 Å². The van der Waals surface area contributed by atoms with Crippen LogP contribution in [0.4, 0.5) is 0 Å². The van der Waals surface area contributed by atoms with Gasteiger partial charge in [-0.05, 0) is 18.6 Å². The molecule has 0 saturated carbocycles. The molecule has 2 heteroatoms. The number of carbonyl (C=O) groups is 2. The Labute approximate surface area is 52.9 Å². The summed E-state index contributed by atoms with van der Waals surface area (Å²) in [6.45, 7) is 0. The molecule has 0 aromatic rings. The molecular formula is C7H6O2. The maximum absolute atomic E-state index is 10.5. The van der Waals surface area contributed by atoms with E-state index in [1.54, 1.807) is 12.2 Å². The summed E-state index contributed by atoms with van der Waals surface area (Å²) in [4.78, 5) is 21.1. The molecular weight excluding hydrogens is 116 g/mol. The van der Waals surface area contributed by atoms with E-state index in [4.69, 9.17) is 0 Å². The molecule has 0 unspecified atom stereocenters. The van der Waals surface area contributed by atoms with Crippen LogP contribution in [0.5, 0.6) is 0 Å². The van der Waals surface area contributed by atoms with Crippen molar-refractivity contribution in [3.8, 4) is 0 Å². The van der Waals surface area contributed by atoms with Gasteiger partial charge in [0.15, 0.2) is 0 Å². The van der Waals surface area contributed by atoms with Gasteiger partial charge >= 0.3 is 0 Å². The lowest BCUT2D eigenvalue weighted by Crippen LogP contribution is -2.05. The van der Waals surface area contributed by atoms with E-state index in [2.05, 4.69) is 0 Å². The van der Waals surface area contributed by atoms with Crippen molar-refractivity contribution in [2.24, 2.45) is 0 Å². The van der Waals surface area contributed by atoms with Crippen LogP contribution in [-0.2, 0) is 9.59 Å². The summed E-state index contributed by atoms with van der Waals surface area (Å²) in [5, 5.41) is 0. The second kappa shape index (κ2) is 2.40. The second-order valence-electron chi connectivity index (χ2n) is 1.77. The average Bonchev–Trinajstić information content (AvgIpc) is 1.99. The molecule has 46 valence electrons. The fourth-order valence-electron chi connectivity index (χ4n) is 0.593. The maximum Gasteiger partial charge on any atom is 0.225 e. The summed E-state index contributed by atoms with van der Waals surface area (Å²) in [5.41, 5.74) is 0. The normalized spacial score (nSPS) is 18.2. The van der Waals surface area contributed by atoms with Crippen molar-refractivity contribution in [2.75, 3.05) is 0 Å². The number of carbonyl (C=O) groups excluding carboxylic acids is 2. The third-order valence-electron chi connectivity index (χ3n) is 1.05. The fourth-order valence-corrected chi connectivity index (χ4v) is 0.593. The monoisotopic (exact) mass is 122 g/mol. The molecule has 0 atom stereocenters. The van der Waals surface area contributed by atoms with Crippen molar-refractivity contribution >= 4 is 11.6 Å². The zero-order chi connectivity index (χ0) is 6.69. The Bertz CT molecular complexity index is 177. The first-order valence-electron chi connectivity index (χ1n) is 2.72. The largest absolute Gasteiger partial charge is 0.286 e. The van der Waals surface area contributed by atoms with E-state index in [0.717, 1.165) is 0 Å². The highest BCUT2D eigenvalue weighted by Crippen LogP contribution is 1.94. The summed E-state index contributed by atoms with van der Waals surface area (Å²) >= 11 is 0. The van der Waals surface area contributed by atoms with Gasteiger partial charge in [-0.1, -0.05) is 12.2 Å². The zero-order valence-electron chi connectivity index (χ0n) is 4.83. The number of hydrogen-bond acceptors (Lipinski definition) is 2. The molecule has 1 rings (SSSR count). The van der Waals surface area contributed by atoms with Gasteiger partial charge in [0.2, 0.25) is 11.6 Å². The van der Waals surface area contributed by atoms with E-state index >= 15 is 0 Å². The topological polar surface area (TPSA) is 34.1 Å². The molecule has 0 N–H and O–H groups in total. The molecule has 0 spiro atoms. The Morgan fingerprint density at radius 3 is 1.89 bits per heavy atom. The van der Waals surface area contributed by atoms with Gasteiger partial charge in [-0.15, -0.1) is 0 Å². The molecule has 0 aromatic heterocycles. The van der Waals surface area contributed by atoms with Crippen LogP contribution in [0, 0.1) is 0 Å². The van der Waals surface area contributed by atoms with Crippen LogP contribution >= 0.6 is 0 Å². The van der Waals surface area contributed by atoms with Crippen LogP contribution < -0.4 is 0 Å². The molecule has 1 aliphatic rings. The lowest BCUT2D eigenvalue weighted by molar-refractivity contribution is -0.130. The number of hydrogen-bond donors (Lipinski definition) is 0. The molecule has 0 fully saturated rings. The van der Waals surface area contributed by atoms with Gasteiger partial charge < -0.3 is 0 Å². The first kappa shape index (κ1) is 5.95. The lowest BCUT2D eigenvalue weighted by atomic mass is 10.2. The Kier molecular flexibility index (Phi) is 1.58. The van der Waals surface area contributed by atoms with Crippen LogP contribution in [0.1, 0.15) is 6.42 Å². The quantitative estimate of drug-likeness (QED) is 0.442. The third-order valence-corrected chi connectivity index (χ3v) is 1.05. The van der Waals surface area contributed by atoms with Crippen LogP contribution in [0.25, 0.3) is 0 Å². The number of rotatable bonds is 0. The summed E-state index contributed by atoms with van der Waals surface area (Å²) in [6, 6.07) is 0. The van der Waals surface area contributed by atoms with E-state index in [1.807, 2.05) is 0 Å². The minimum atomic E-state index is -0.427. The molecule has 0 bridgehead atoms. The molecule has 0 heterocycles. The van der Waals surface area contributed by atoms with Gasteiger partial charge in [0.25, 0.3) is 0 Å². The van der Waals surface area contributed by atoms with E-state index < -0.39 is 11.6 Å². The van der Waals surface area contributed by atoms with Gasteiger partial charge in [0.05, 0.1) is 0 Å². The van der Waals surface area contributed by atoms with E-state index in [9.17, 15) is 9.59 Å². The SMILES string of the molecule is O=C1C=CCC=CC1=O. The molecule has 2 nitrogen and oxygen atoms in total. The highest BCUT2D eigenvalue weighted by Gasteiger charge is 2.06. The molecule has 1 aliphatic carbocycles. The molecule has 0 saturated heterocycles. The van der Waals surface area contributed by atoms with Gasteiger partial charge in [-0.3, -0.25) is 9.59 Å². The Morgan fingerprint density at radius 2 is 1.44 bits per heavy atom.